The molecule has 4 rings (SSSR count). The van der Waals surface area contributed by atoms with Crippen molar-refractivity contribution in [1.29, 1.82) is 0 Å². The summed E-state index contributed by atoms with van der Waals surface area (Å²) in [5.41, 5.74) is 1.84. The molecule has 5 nitrogen and oxygen atoms in total. The molecule has 8 heteroatoms. The highest BCUT2D eigenvalue weighted by atomic mass is 79.9. The van der Waals surface area contributed by atoms with Crippen LogP contribution in [0.2, 0.25) is 0 Å². The predicted octanol–water partition coefficient (Wildman–Crippen LogP) is 4.70. The predicted molar refractivity (Wildman–Crippen MR) is 123 cm³/mol. The molecule has 4 aromatic rings. The Kier molecular flexibility index (Phi) is 5.94. The van der Waals surface area contributed by atoms with Crippen LogP contribution in [0.25, 0.3) is 20.7 Å². The molecule has 0 saturated heterocycles. The molecule has 0 fully saturated rings. The summed E-state index contributed by atoms with van der Waals surface area (Å²) in [4.78, 5) is 31.6. The number of amides is 1. The molecule has 3 aromatic heterocycles. The number of hydrogen-bond acceptors (Lipinski definition) is 5. The molecule has 1 unspecified atom stereocenters. The van der Waals surface area contributed by atoms with E-state index in [1.54, 1.807) is 11.3 Å². The maximum atomic E-state index is 13.0. The second kappa shape index (κ2) is 8.61. The monoisotopic (exact) mass is 487 g/mol. The van der Waals surface area contributed by atoms with Crippen molar-refractivity contribution in [3.8, 4) is 10.4 Å². The van der Waals surface area contributed by atoms with Crippen molar-refractivity contribution >= 4 is 54.7 Å². The minimum absolute atomic E-state index is 0.0427. The van der Waals surface area contributed by atoms with Crippen LogP contribution in [0.5, 0.6) is 0 Å². The number of hydrogen-bond donors (Lipinski definition) is 1. The third-order valence-corrected chi connectivity index (χ3v) is 6.84. The third-order valence-electron chi connectivity index (χ3n) is 4.52. The van der Waals surface area contributed by atoms with Crippen molar-refractivity contribution in [3.63, 3.8) is 0 Å². The number of nitrogens with zero attached hydrogens (tertiary/aromatic N) is 2. The Balaban J connectivity index is 1.49. The first-order valence-electron chi connectivity index (χ1n) is 9.05. The SMILES string of the molecule is CC(Cc1ccc(Br)cc1)NC(=O)Cn1cnc2scc(-c3cccs3)c2c1=O. The van der Waals surface area contributed by atoms with Crippen LogP contribution < -0.4 is 10.9 Å². The topological polar surface area (TPSA) is 64.0 Å². The van der Waals surface area contributed by atoms with Gasteiger partial charge in [-0.25, -0.2) is 4.98 Å². The lowest BCUT2D eigenvalue weighted by Gasteiger charge is -2.14. The van der Waals surface area contributed by atoms with Crippen molar-refractivity contribution in [2.24, 2.45) is 0 Å². The Morgan fingerprint density at radius 1 is 1.24 bits per heavy atom. The van der Waals surface area contributed by atoms with Gasteiger partial charge in [0.1, 0.15) is 11.4 Å². The number of rotatable bonds is 6. The fraction of sp³-hybridized carbons (Fsp3) is 0.190. The second-order valence-corrected chi connectivity index (χ2v) is 9.51. The van der Waals surface area contributed by atoms with Crippen molar-refractivity contribution in [2.45, 2.75) is 25.9 Å². The number of carbonyl (C=O) groups is 1. The van der Waals surface area contributed by atoms with Gasteiger partial charge in [-0.3, -0.25) is 14.2 Å². The average molecular weight is 488 g/mol. The van der Waals surface area contributed by atoms with Crippen LogP contribution in [0.4, 0.5) is 0 Å². The van der Waals surface area contributed by atoms with Gasteiger partial charge in [-0.05, 0) is 42.5 Å². The van der Waals surface area contributed by atoms with E-state index in [4.69, 9.17) is 0 Å². The van der Waals surface area contributed by atoms with E-state index in [-0.39, 0.29) is 24.1 Å². The van der Waals surface area contributed by atoms with E-state index in [9.17, 15) is 9.59 Å². The quantitative estimate of drug-likeness (QED) is 0.428. The highest BCUT2D eigenvalue weighted by Gasteiger charge is 2.16. The second-order valence-electron chi connectivity index (χ2n) is 6.78. The molecule has 1 N–H and O–H groups in total. The van der Waals surface area contributed by atoms with E-state index in [2.05, 4.69) is 26.2 Å². The summed E-state index contributed by atoms with van der Waals surface area (Å²) in [6, 6.07) is 11.9. The van der Waals surface area contributed by atoms with Gasteiger partial charge in [0.15, 0.2) is 0 Å². The van der Waals surface area contributed by atoms with Gasteiger partial charge in [0.05, 0.1) is 11.7 Å². The molecule has 3 heterocycles. The molecular weight excluding hydrogens is 470 g/mol. The molecule has 1 atom stereocenters. The lowest BCUT2D eigenvalue weighted by molar-refractivity contribution is -0.122. The van der Waals surface area contributed by atoms with Crippen LogP contribution in [0, 0.1) is 0 Å². The van der Waals surface area contributed by atoms with Gasteiger partial charge in [-0.2, -0.15) is 0 Å². The zero-order valence-electron chi connectivity index (χ0n) is 15.6. The zero-order chi connectivity index (χ0) is 20.4. The summed E-state index contributed by atoms with van der Waals surface area (Å²) in [6.07, 6.45) is 2.18. The highest BCUT2D eigenvalue weighted by molar-refractivity contribution is 9.10. The maximum Gasteiger partial charge on any atom is 0.263 e. The first-order valence-corrected chi connectivity index (χ1v) is 11.6. The molecule has 0 aliphatic carbocycles. The fourth-order valence-electron chi connectivity index (χ4n) is 3.19. The van der Waals surface area contributed by atoms with Crippen molar-refractivity contribution in [1.82, 2.24) is 14.9 Å². The summed E-state index contributed by atoms with van der Waals surface area (Å²) < 4.78 is 2.41. The van der Waals surface area contributed by atoms with Crippen LogP contribution in [-0.4, -0.2) is 21.5 Å². The van der Waals surface area contributed by atoms with Gasteiger partial charge in [0.25, 0.3) is 5.56 Å². The fourth-order valence-corrected chi connectivity index (χ4v) is 5.18. The average Bonchev–Trinajstić information content (AvgIpc) is 3.35. The van der Waals surface area contributed by atoms with E-state index in [1.165, 1.54) is 22.2 Å². The van der Waals surface area contributed by atoms with Gasteiger partial charge >= 0.3 is 0 Å². The molecule has 1 amide bonds. The first-order chi connectivity index (χ1) is 14.0. The number of halogens is 1. The summed E-state index contributed by atoms with van der Waals surface area (Å²) in [7, 11) is 0. The van der Waals surface area contributed by atoms with E-state index in [0.29, 0.717) is 10.2 Å². The van der Waals surface area contributed by atoms with Gasteiger partial charge < -0.3 is 5.32 Å². The van der Waals surface area contributed by atoms with Gasteiger partial charge in [0.2, 0.25) is 5.91 Å². The minimum atomic E-state index is -0.203. The largest absolute Gasteiger partial charge is 0.352 e. The lowest BCUT2D eigenvalue weighted by Crippen LogP contribution is -2.38. The Labute approximate surface area is 184 Å². The van der Waals surface area contributed by atoms with Crippen LogP contribution in [-0.2, 0) is 17.8 Å². The van der Waals surface area contributed by atoms with E-state index >= 15 is 0 Å². The van der Waals surface area contributed by atoms with Crippen LogP contribution in [0.1, 0.15) is 12.5 Å². The van der Waals surface area contributed by atoms with Gasteiger partial charge in [0, 0.05) is 26.3 Å². The summed E-state index contributed by atoms with van der Waals surface area (Å²) >= 11 is 6.45. The number of carbonyl (C=O) groups excluding carboxylic acids is 1. The Bertz CT molecular complexity index is 1200. The Morgan fingerprint density at radius 2 is 2.03 bits per heavy atom. The van der Waals surface area contributed by atoms with Crippen LogP contribution >= 0.6 is 38.6 Å². The molecule has 0 spiro atoms. The molecule has 0 radical (unpaired) electrons. The van der Waals surface area contributed by atoms with Crippen molar-refractivity contribution in [3.05, 3.63) is 73.9 Å². The Hall–Kier alpha value is -2.29. The van der Waals surface area contributed by atoms with Crippen molar-refractivity contribution in [2.75, 3.05) is 0 Å². The minimum Gasteiger partial charge on any atom is -0.352 e. The molecule has 1 aromatic carbocycles. The molecule has 0 aliphatic heterocycles. The highest BCUT2D eigenvalue weighted by Crippen LogP contribution is 2.33. The van der Waals surface area contributed by atoms with Crippen LogP contribution in [0.3, 0.4) is 0 Å². The molecule has 0 saturated carbocycles. The third kappa shape index (κ3) is 4.49. The summed E-state index contributed by atoms with van der Waals surface area (Å²) in [5, 5.41) is 7.48. The Morgan fingerprint density at radius 3 is 2.76 bits per heavy atom. The van der Waals surface area contributed by atoms with E-state index in [0.717, 1.165) is 26.9 Å². The molecule has 0 aliphatic rings. The number of thiophene rings is 2. The summed E-state index contributed by atoms with van der Waals surface area (Å²) in [5.74, 6) is -0.203. The van der Waals surface area contributed by atoms with Crippen molar-refractivity contribution < 1.29 is 4.79 Å². The van der Waals surface area contributed by atoms with Crippen LogP contribution in [0.15, 0.2) is 62.8 Å². The normalized spacial score (nSPS) is 12.2. The summed E-state index contributed by atoms with van der Waals surface area (Å²) in [6.45, 7) is 1.91. The number of fused-ring (bicyclic) bond motifs is 1. The number of nitrogens with one attached hydrogen (secondary N) is 1. The zero-order valence-corrected chi connectivity index (χ0v) is 18.8. The van der Waals surface area contributed by atoms with Gasteiger partial charge in [-0.15, -0.1) is 22.7 Å². The lowest BCUT2D eigenvalue weighted by atomic mass is 10.1. The molecule has 148 valence electrons. The first kappa shape index (κ1) is 20.0. The molecule has 29 heavy (non-hydrogen) atoms. The smallest absolute Gasteiger partial charge is 0.263 e. The van der Waals surface area contributed by atoms with E-state index in [1.807, 2.05) is 54.1 Å². The molecule has 0 bridgehead atoms. The molecular formula is C21H18BrN3O2S2. The number of benzene rings is 1. The van der Waals surface area contributed by atoms with Gasteiger partial charge in [-0.1, -0.05) is 34.1 Å². The van der Waals surface area contributed by atoms with E-state index < -0.39 is 0 Å². The number of aromatic nitrogens is 2. The maximum absolute atomic E-state index is 13.0. The standard InChI is InChI=1S/C21H18BrN3O2S2/c1-13(9-14-4-6-15(22)7-5-14)24-18(26)10-25-12-23-20-19(21(25)27)16(11-29-20)17-3-2-8-28-17/h2-8,11-13H,9-10H2,1H3,(H,24,26).